The van der Waals surface area contributed by atoms with Crippen molar-refractivity contribution in [3.63, 3.8) is 0 Å². The van der Waals surface area contributed by atoms with Crippen LogP contribution < -0.4 is 5.32 Å². The number of hydrogen-bond donors (Lipinski definition) is 1. The Morgan fingerprint density at radius 3 is 3.29 bits per heavy atom. The summed E-state index contributed by atoms with van der Waals surface area (Å²) in [6, 6.07) is 4.75. The zero-order valence-corrected chi connectivity index (χ0v) is 8.07. The van der Waals surface area contributed by atoms with Gasteiger partial charge in [0, 0.05) is 11.3 Å². The number of aromatic nitrogens is 1. The molecule has 0 amide bonds. The van der Waals surface area contributed by atoms with E-state index in [0.717, 1.165) is 23.5 Å². The first kappa shape index (κ1) is 7.94. The van der Waals surface area contributed by atoms with E-state index in [1.807, 2.05) is 5.51 Å². The normalized spacial score (nSPS) is 12.9. The summed E-state index contributed by atoms with van der Waals surface area (Å²) in [4.78, 5) is 5.50. The molecule has 0 spiro atoms. The number of rotatable bonds is 0. The molecule has 0 saturated heterocycles. The highest BCUT2D eigenvalue weighted by molar-refractivity contribution is 7.10. The molecule has 0 unspecified atom stereocenters. The second kappa shape index (κ2) is 2.78. The van der Waals surface area contributed by atoms with Crippen LogP contribution in [0.1, 0.15) is 4.88 Å². The van der Waals surface area contributed by atoms with Crippen molar-refractivity contribution in [2.75, 3.05) is 5.32 Å². The molecule has 70 valence electrons. The molecule has 1 aromatic carbocycles. The van der Waals surface area contributed by atoms with Crippen molar-refractivity contribution in [1.29, 1.82) is 0 Å². The fourth-order valence-corrected chi connectivity index (χ4v) is 2.38. The van der Waals surface area contributed by atoms with Gasteiger partial charge in [0.15, 0.2) is 0 Å². The number of anilines is 1. The summed E-state index contributed by atoms with van der Waals surface area (Å²) in [5.74, 6) is -0.213. The van der Waals surface area contributed by atoms with E-state index in [4.69, 9.17) is 0 Å². The van der Waals surface area contributed by atoms with Crippen LogP contribution in [-0.4, -0.2) is 4.98 Å². The van der Waals surface area contributed by atoms with Crippen LogP contribution in [0.2, 0.25) is 0 Å². The van der Waals surface area contributed by atoms with E-state index in [9.17, 15) is 4.39 Å². The largest absolute Gasteiger partial charge is 0.379 e. The fourth-order valence-electron chi connectivity index (χ4n) is 1.66. The molecule has 2 heterocycles. The molecule has 1 aliphatic rings. The predicted molar refractivity (Wildman–Crippen MR) is 54.8 cm³/mol. The van der Waals surface area contributed by atoms with Crippen LogP contribution in [0.3, 0.4) is 0 Å². The first-order valence-corrected chi connectivity index (χ1v) is 5.19. The number of hydrogen-bond acceptors (Lipinski definition) is 3. The summed E-state index contributed by atoms with van der Waals surface area (Å²) >= 11 is 1.63. The van der Waals surface area contributed by atoms with E-state index in [1.165, 1.54) is 17.0 Å². The fraction of sp³-hybridized carbons (Fsp3) is 0.100. The first-order chi connectivity index (χ1) is 6.84. The lowest BCUT2D eigenvalue weighted by atomic mass is 10.1. The third kappa shape index (κ3) is 1.04. The number of nitrogens with one attached hydrogen (secondary N) is 1. The Labute approximate surface area is 84.4 Å². The molecule has 4 heteroatoms. The maximum atomic E-state index is 12.9. The number of fused-ring (bicyclic) bond motifs is 3. The Morgan fingerprint density at radius 1 is 1.43 bits per heavy atom. The Morgan fingerprint density at radius 2 is 2.36 bits per heavy atom. The smallest absolute Gasteiger partial charge is 0.125 e. The van der Waals surface area contributed by atoms with E-state index in [0.29, 0.717) is 0 Å². The molecule has 1 aliphatic heterocycles. The van der Waals surface area contributed by atoms with Crippen LogP contribution >= 0.6 is 11.3 Å². The van der Waals surface area contributed by atoms with Crippen molar-refractivity contribution in [2.45, 2.75) is 6.54 Å². The second-order valence-corrected chi connectivity index (χ2v) is 4.11. The molecule has 2 aromatic rings. The summed E-state index contributed by atoms with van der Waals surface area (Å²) in [5, 5.41) is 3.18. The van der Waals surface area contributed by atoms with Gasteiger partial charge in [0.25, 0.3) is 0 Å². The highest BCUT2D eigenvalue weighted by Crippen LogP contribution is 2.36. The van der Waals surface area contributed by atoms with Gasteiger partial charge in [-0.15, -0.1) is 11.3 Å². The van der Waals surface area contributed by atoms with Gasteiger partial charge in [-0.1, -0.05) is 0 Å². The van der Waals surface area contributed by atoms with Crippen molar-refractivity contribution >= 4 is 17.0 Å². The number of thiazole rings is 1. The number of benzene rings is 1. The third-order valence-corrected chi connectivity index (χ3v) is 3.15. The Kier molecular flexibility index (Phi) is 1.58. The van der Waals surface area contributed by atoms with Gasteiger partial charge in [-0.2, -0.15) is 0 Å². The van der Waals surface area contributed by atoms with Gasteiger partial charge in [0.05, 0.1) is 22.6 Å². The second-order valence-electron chi connectivity index (χ2n) is 3.17. The summed E-state index contributed by atoms with van der Waals surface area (Å²) < 4.78 is 12.9. The summed E-state index contributed by atoms with van der Waals surface area (Å²) in [6.07, 6.45) is 0. The maximum absolute atomic E-state index is 12.9. The minimum atomic E-state index is -0.213. The van der Waals surface area contributed by atoms with E-state index in [2.05, 4.69) is 10.3 Å². The Hall–Kier alpha value is -1.42. The molecule has 0 aliphatic carbocycles. The van der Waals surface area contributed by atoms with E-state index >= 15 is 0 Å². The molecule has 0 radical (unpaired) electrons. The Bertz CT molecular complexity index is 493. The van der Waals surface area contributed by atoms with Crippen LogP contribution in [0.15, 0.2) is 23.7 Å². The molecule has 1 aromatic heterocycles. The molecule has 2 nitrogen and oxygen atoms in total. The summed E-state index contributed by atoms with van der Waals surface area (Å²) in [5.41, 5.74) is 4.64. The molecule has 0 fully saturated rings. The first-order valence-electron chi connectivity index (χ1n) is 4.31. The maximum Gasteiger partial charge on any atom is 0.125 e. The molecular formula is C10H7FN2S. The van der Waals surface area contributed by atoms with E-state index in [-0.39, 0.29) is 5.82 Å². The van der Waals surface area contributed by atoms with Crippen molar-refractivity contribution in [3.8, 4) is 11.3 Å². The number of nitrogens with zero attached hydrogens (tertiary/aromatic N) is 1. The lowest BCUT2D eigenvalue weighted by Gasteiger charge is -2.16. The highest BCUT2D eigenvalue weighted by atomic mass is 32.1. The van der Waals surface area contributed by atoms with Crippen molar-refractivity contribution in [2.24, 2.45) is 0 Å². The van der Waals surface area contributed by atoms with Crippen molar-refractivity contribution in [3.05, 3.63) is 34.4 Å². The van der Waals surface area contributed by atoms with E-state index < -0.39 is 0 Å². The van der Waals surface area contributed by atoms with Gasteiger partial charge < -0.3 is 5.32 Å². The average molecular weight is 206 g/mol. The summed E-state index contributed by atoms with van der Waals surface area (Å²) in [6.45, 7) is 0.746. The SMILES string of the molecule is Fc1ccc2c(c1)NCc1scnc1-2. The quantitative estimate of drug-likeness (QED) is 0.717. The minimum absolute atomic E-state index is 0.213. The monoisotopic (exact) mass is 206 g/mol. The van der Waals surface area contributed by atoms with Crippen LogP contribution in [0, 0.1) is 5.82 Å². The molecule has 0 atom stereocenters. The molecule has 14 heavy (non-hydrogen) atoms. The zero-order chi connectivity index (χ0) is 9.54. The molecule has 0 bridgehead atoms. The highest BCUT2D eigenvalue weighted by Gasteiger charge is 2.17. The van der Waals surface area contributed by atoms with Crippen molar-refractivity contribution in [1.82, 2.24) is 4.98 Å². The Balaban J connectivity index is 2.26. The van der Waals surface area contributed by atoms with Gasteiger partial charge in [0.1, 0.15) is 5.82 Å². The van der Waals surface area contributed by atoms with Crippen LogP contribution in [0.4, 0.5) is 10.1 Å². The minimum Gasteiger partial charge on any atom is -0.379 e. The lowest BCUT2D eigenvalue weighted by Crippen LogP contribution is -2.06. The topological polar surface area (TPSA) is 24.9 Å². The van der Waals surface area contributed by atoms with Crippen LogP contribution in [-0.2, 0) is 6.54 Å². The van der Waals surface area contributed by atoms with Gasteiger partial charge in [-0.3, -0.25) is 0 Å². The molecule has 3 rings (SSSR count). The standard InChI is InChI=1S/C10H7FN2S/c11-6-1-2-7-8(3-6)12-4-9-10(7)13-5-14-9/h1-3,5,12H,4H2. The molecule has 1 N–H and O–H groups in total. The van der Waals surface area contributed by atoms with Crippen LogP contribution in [0.25, 0.3) is 11.3 Å². The van der Waals surface area contributed by atoms with Crippen LogP contribution in [0.5, 0.6) is 0 Å². The zero-order valence-electron chi connectivity index (χ0n) is 7.25. The third-order valence-electron chi connectivity index (χ3n) is 2.32. The number of halogens is 1. The van der Waals surface area contributed by atoms with Gasteiger partial charge >= 0.3 is 0 Å². The van der Waals surface area contributed by atoms with E-state index in [1.54, 1.807) is 17.4 Å². The summed E-state index contributed by atoms with van der Waals surface area (Å²) in [7, 11) is 0. The average Bonchev–Trinajstić information content (AvgIpc) is 2.65. The molecule has 0 saturated carbocycles. The van der Waals surface area contributed by atoms with Gasteiger partial charge in [-0.05, 0) is 18.2 Å². The molecular weight excluding hydrogens is 199 g/mol. The van der Waals surface area contributed by atoms with Crippen molar-refractivity contribution < 1.29 is 4.39 Å². The van der Waals surface area contributed by atoms with Gasteiger partial charge in [0.2, 0.25) is 0 Å². The predicted octanol–water partition coefficient (Wildman–Crippen LogP) is 2.87. The lowest BCUT2D eigenvalue weighted by molar-refractivity contribution is 0.628. The van der Waals surface area contributed by atoms with Gasteiger partial charge in [-0.25, -0.2) is 9.37 Å².